The van der Waals surface area contributed by atoms with Gasteiger partial charge in [-0.25, -0.2) is 9.59 Å². The van der Waals surface area contributed by atoms with Crippen LogP contribution < -0.4 is 5.32 Å². The minimum atomic E-state index is -1.10. The average molecular weight is 395 g/mol. The number of esters is 1. The minimum Gasteiger partial charge on any atom is -0.449 e. The Balaban J connectivity index is 1.76. The summed E-state index contributed by atoms with van der Waals surface area (Å²) >= 11 is 1.27. The summed E-state index contributed by atoms with van der Waals surface area (Å²) in [4.78, 5) is 38.9. The fourth-order valence-corrected chi connectivity index (χ4v) is 3.68. The smallest absolute Gasteiger partial charge is 0.340 e. The first-order valence-electron chi connectivity index (χ1n) is 8.57. The summed E-state index contributed by atoms with van der Waals surface area (Å²) < 4.78 is 5.31. The SMILES string of the molecule is CC(OC(=O)c1ccccc1Sc1ccccc1C#N)C(=O)N1CCNC1=O. The monoisotopic (exact) mass is 395 g/mol. The average Bonchev–Trinajstić information content (AvgIpc) is 3.14. The molecule has 1 aliphatic rings. The molecule has 1 N–H and O–H groups in total. The summed E-state index contributed by atoms with van der Waals surface area (Å²) in [6, 6.07) is 15.5. The van der Waals surface area contributed by atoms with Crippen molar-refractivity contribution in [2.45, 2.75) is 22.8 Å². The number of nitrogens with one attached hydrogen (secondary N) is 1. The number of benzene rings is 2. The molecule has 0 aliphatic carbocycles. The van der Waals surface area contributed by atoms with E-state index in [1.165, 1.54) is 18.7 Å². The summed E-state index contributed by atoms with van der Waals surface area (Å²) in [5, 5.41) is 11.8. The molecule has 7 nitrogen and oxygen atoms in total. The van der Waals surface area contributed by atoms with Crippen molar-refractivity contribution >= 4 is 29.7 Å². The van der Waals surface area contributed by atoms with Crippen molar-refractivity contribution in [3.05, 3.63) is 59.7 Å². The van der Waals surface area contributed by atoms with Crippen molar-refractivity contribution in [1.82, 2.24) is 10.2 Å². The van der Waals surface area contributed by atoms with Crippen LogP contribution >= 0.6 is 11.8 Å². The Hall–Kier alpha value is -3.31. The third-order valence-electron chi connectivity index (χ3n) is 4.09. The van der Waals surface area contributed by atoms with Crippen LogP contribution in [0.2, 0.25) is 0 Å². The van der Waals surface area contributed by atoms with E-state index in [4.69, 9.17) is 4.74 Å². The summed E-state index contributed by atoms with van der Waals surface area (Å²) in [6.45, 7) is 2.06. The van der Waals surface area contributed by atoms with Crippen molar-refractivity contribution < 1.29 is 19.1 Å². The maximum Gasteiger partial charge on any atom is 0.340 e. The van der Waals surface area contributed by atoms with Crippen LogP contribution in [0, 0.1) is 11.3 Å². The highest BCUT2D eigenvalue weighted by Crippen LogP contribution is 2.33. The first-order chi connectivity index (χ1) is 13.5. The molecule has 0 bridgehead atoms. The molecule has 8 heteroatoms. The maximum absolute atomic E-state index is 12.6. The van der Waals surface area contributed by atoms with Crippen LogP contribution in [0.25, 0.3) is 0 Å². The van der Waals surface area contributed by atoms with Crippen LogP contribution in [0.15, 0.2) is 58.3 Å². The van der Waals surface area contributed by atoms with Crippen LogP contribution in [-0.2, 0) is 9.53 Å². The van der Waals surface area contributed by atoms with Crippen molar-refractivity contribution in [1.29, 1.82) is 5.26 Å². The maximum atomic E-state index is 12.6. The summed E-state index contributed by atoms with van der Waals surface area (Å²) in [7, 11) is 0. The van der Waals surface area contributed by atoms with Crippen molar-refractivity contribution in [3.8, 4) is 6.07 Å². The molecule has 142 valence electrons. The van der Waals surface area contributed by atoms with Gasteiger partial charge in [0.05, 0.1) is 11.1 Å². The highest BCUT2D eigenvalue weighted by atomic mass is 32.2. The Bertz CT molecular complexity index is 970. The quantitative estimate of drug-likeness (QED) is 0.782. The number of amides is 3. The van der Waals surface area contributed by atoms with Gasteiger partial charge in [-0.05, 0) is 31.2 Å². The molecule has 1 heterocycles. The first kappa shape index (κ1) is 19.5. The fraction of sp³-hybridized carbons (Fsp3) is 0.200. The summed E-state index contributed by atoms with van der Waals surface area (Å²) in [6.07, 6.45) is -1.10. The van der Waals surface area contributed by atoms with E-state index in [1.54, 1.807) is 42.5 Å². The second kappa shape index (κ2) is 8.59. The van der Waals surface area contributed by atoms with Crippen molar-refractivity contribution in [2.75, 3.05) is 13.1 Å². The van der Waals surface area contributed by atoms with Gasteiger partial charge in [-0.3, -0.25) is 9.69 Å². The number of imide groups is 1. The van der Waals surface area contributed by atoms with Gasteiger partial charge >= 0.3 is 12.0 Å². The Kier molecular flexibility index (Phi) is 5.96. The minimum absolute atomic E-state index is 0.247. The van der Waals surface area contributed by atoms with Gasteiger partial charge in [-0.15, -0.1) is 0 Å². The number of carbonyl (C=O) groups excluding carboxylic acids is 3. The van der Waals surface area contributed by atoms with E-state index in [2.05, 4.69) is 11.4 Å². The number of urea groups is 1. The molecule has 1 unspecified atom stereocenters. The predicted molar refractivity (Wildman–Crippen MR) is 102 cm³/mol. The molecule has 2 aromatic rings. The Labute approximate surface area is 166 Å². The zero-order valence-electron chi connectivity index (χ0n) is 15.0. The van der Waals surface area contributed by atoms with E-state index in [0.29, 0.717) is 21.9 Å². The van der Waals surface area contributed by atoms with E-state index < -0.39 is 24.0 Å². The van der Waals surface area contributed by atoms with Crippen LogP contribution in [-0.4, -0.2) is 42.0 Å². The Morgan fingerprint density at radius 2 is 1.86 bits per heavy atom. The Morgan fingerprint density at radius 1 is 1.18 bits per heavy atom. The van der Waals surface area contributed by atoms with Crippen LogP contribution in [0.3, 0.4) is 0 Å². The third kappa shape index (κ3) is 4.15. The summed E-state index contributed by atoms with van der Waals surface area (Å²) in [5.41, 5.74) is 0.782. The molecule has 0 spiro atoms. The van der Waals surface area contributed by atoms with Gasteiger partial charge in [0.1, 0.15) is 6.07 Å². The molecule has 1 saturated heterocycles. The lowest BCUT2D eigenvalue weighted by Crippen LogP contribution is -2.41. The van der Waals surface area contributed by atoms with Crippen LogP contribution in [0.1, 0.15) is 22.8 Å². The van der Waals surface area contributed by atoms with Gasteiger partial charge < -0.3 is 10.1 Å². The second-order valence-electron chi connectivity index (χ2n) is 5.98. The molecule has 0 radical (unpaired) electrons. The van der Waals surface area contributed by atoms with Gasteiger partial charge in [0.2, 0.25) is 0 Å². The molecule has 1 fully saturated rings. The normalized spacial score (nSPS) is 14.1. The summed E-state index contributed by atoms with van der Waals surface area (Å²) in [5.74, 6) is -1.23. The Morgan fingerprint density at radius 3 is 2.54 bits per heavy atom. The zero-order chi connectivity index (χ0) is 20.1. The topological polar surface area (TPSA) is 99.5 Å². The largest absolute Gasteiger partial charge is 0.449 e. The standard InChI is InChI=1S/C20H17N3O4S/c1-13(18(24)23-11-10-22-20(23)26)27-19(25)15-7-3-5-9-17(15)28-16-8-4-2-6-14(16)12-21/h2-9,13H,10-11H2,1H3,(H,22,26). The van der Waals surface area contributed by atoms with E-state index in [0.717, 1.165) is 4.90 Å². The van der Waals surface area contributed by atoms with Gasteiger partial charge in [0.25, 0.3) is 5.91 Å². The number of hydrogen-bond acceptors (Lipinski definition) is 6. The number of ether oxygens (including phenoxy) is 1. The fourth-order valence-electron chi connectivity index (χ4n) is 2.67. The molecule has 28 heavy (non-hydrogen) atoms. The molecular formula is C20H17N3O4S. The lowest BCUT2D eigenvalue weighted by atomic mass is 10.2. The molecule has 3 rings (SSSR count). The van der Waals surface area contributed by atoms with Crippen LogP contribution in [0.4, 0.5) is 4.79 Å². The highest BCUT2D eigenvalue weighted by Gasteiger charge is 2.32. The zero-order valence-corrected chi connectivity index (χ0v) is 15.9. The van der Waals surface area contributed by atoms with Crippen molar-refractivity contribution in [2.24, 2.45) is 0 Å². The lowest BCUT2D eigenvalue weighted by molar-refractivity contribution is -0.136. The molecule has 2 aromatic carbocycles. The van der Waals surface area contributed by atoms with E-state index >= 15 is 0 Å². The van der Waals surface area contributed by atoms with Gasteiger partial charge in [0, 0.05) is 22.9 Å². The molecule has 1 aliphatic heterocycles. The predicted octanol–water partition coefficient (Wildman–Crippen LogP) is 2.81. The van der Waals surface area contributed by atoms with Crippen molar-refractivity contribution in [3.63, 3.8) is 0 Å². The van der Waals surface area contributed by atoms with Crippen LogP contribution in [0.5, 0.6) is 0 Å². The number of hydrogen-bond donors (Lipinski definition) is 1. The highest BCUT2D eigenvalue weighted by molar-refractivity contribution is 7.99. The van der Waals surface area contributed by atoms with Gasteiger partial charge in [-0.2, -0.15) is 5.26 Å². The molecule has 1 atom stereocenters. The molecular weight excluding hydrogens is 378 g/mol. The first-order valence-corrected chi connectivity index (χ1v) is 9.39. The lowest BCUT2D eigenvalue weighted by Gasteiger charge is -2.18. The van der Waals surface area contributed by atoms with E-state index in [1.807, 2.05) is 6.07 Å². The molecule has 0 aromatic heterocycles. The number of nitrogens with zero attached hydrogens (tertiary/aromatic N) is 2. The second-order valence-corrected chi connectivity index (χ2v) is 7.06. The molecule has 0 saturated carbocycles. The number of carbonyl (C=O) groups is 3. The van der Waals surface area contributed by atoms with Gasteiger partial charge in [-0.1, -0.05) is 36.0 Å². The molecule has 3 amide bonds. The van der Waals surface area contributed by atoms with E-state index in [-0.39, 0.29) is 12.1 Å². The van der Waals surface area contributed by atoms with Gasteiger partial charge in [0.15, 0.2) is 6.10 Å². The van der Waals surface area contributed by atoms with E-state index in [9.17, 15) is 19.6 Å². The number of nitriles is 1. The third-order valence-corrected chi connectivity index (χ3v) is 5.24. The number of rotatable bonds is 5.